The van der Waals surface area contributed by atoms with Crippen LogP contribution in [-0.4, -0.2) is 41.9 Å². The molecule has 0 aliphatic heterocycles. The standard InChI is InChI=1S/C21H33N3O2/c1-4-14-24(15-20(25)23-19-13-9-8-10-16(19)2)17(3)21(26)22-18-11-6-5-7-12-18/h8-10,13,17-18H,4-7,11-12,14-15H2,1-3H3,(H,22,26)(H,23,25). The quantitative estimate of drug-likeness (QED) is 0.747. The third kappa shape index (κ3) is 6.13. The molecule has 144 valence electrons. The van der Waals surface area contributed by atoms with E-state index >= 15 is 0 Å². The van der Waals surface area contributed by atoms with Crippen LogP contribution in [0.1, 0.15) is 57.9 Å². The molecule has 1 aliphatic carbocycles. The number of carbonyl (C=O) groups excluding carboxylic acids is 2. The summed E-state index contributed by atoms with van der Waals surface area (Å²) < 4.78 is 0. The maximum atomic E-state index is 12.6. The fraction of sp³-hybridized carbons (Fsp3) is 0.619. The molecule has 1 aromatic rings. The van der Waals surface area contributed by atoms with E-state index in [-0.39, 0.29) is 24.4 Å². The number of hydrogen-bond acceptors (Lipinski definition) is 3. The van der Waals surface area contributed by atoms with Crippen LogP contribution in [0.3, 0.4) is 0 Å². The normalized spacial score (nSPS) is 16.3. The molecule has 1 atom stereocenters. The Bertz CT molecular complexity index is 597. The minimum atomic E-state index is -0.306. The topological polar surface area (TPSA) is 61.4 Å². The highest BCUT2D eigenvalue weighted by Crippen LogP contribution is 2.18. The number of nitrogens with one attached hydrogen (secondary N) is 2. The first kappa shape index (κ1) is 20.4. The van der Waals surface area contributed by atoms with Gasteiger partial charge in [-0.25, -0.2) is 0 Å². The van der Waals surface area contributed by atoms with Crippen molar-refractivity contribution < 1.29 is 9.59 Å². The average Bonchev–Trinajstić information content (AvgIpc) is 2.63. The van der Waals surface area contributed by atoms with Crippen molar-refractivity contribution in [2.24, 2.45) is 0 Å². The second-order valence-electron chi connectivity index (χ2n) is 7.35. The van der Waals surface area contributed by atoms with E-state index in [1.165, 1.54) is 19.3 Å². The molecule has 2 rings (SSSR count). The van der Waals surface area contributed by atoms with E-state index in [4.69, 9.17) is 0 Å². The Balaban J connectivity index is 1.92. The molecule has 0 bridgehead atoms. The molecule has 1 unspecified atom stereocenters. The summed E-state index contributed by atoms with van der Waals surface area (Å²) in [7, 11) is 0. The van der Waals surface area contributed by atoms with Gasteiger partial charge in [0, 0.05) is 11.7 Å². The number of aryl methyl sites for hydroxylation is 1. The number of amides is 2. The van der Waals surface area contributed by atoms with Gasteiger partial charge in [0.2, 0.25) is 11.8 Å². The van der Waals surface area contributed by atoms with Crippen LogP contribution in [0.15, 0.2) is 24.3 Å². The summed E-state index contributed by atoms with van der Waals surface area (Å²) in [6.45, 7) is 6.88. The van der Waals surface area contributed by atoms with Crippen LogP contribution in [-0.2, 0) is 9.59 Å². The molecule has 1 saturated carbocycles. The summed E-state index contributed by atoms with van der Waals surface area (Å²) >= 11 is 0. The molecule has 0 spiro atoms. The van der Waals surface area contributed by atoms with E-state index < -0.39 is 0 Å². The summed E-state index contributed by atoms with van der Waals surface area (Å²) in [5.74, 6) is -0.0425. The summed E-state index contributed by atoms with van der Waals surface area (Å²) in [5.41, 5.74) is 1.86. The lowest BCUT2D eigenvalue weighted by Gasteiger charge is -2.30. The molecular weight excluding hydrogens is 326 g/mol. The SMILES string of the molecule is CCCN(CC(=O)Nc1ccccc1C)C(C)C(=O)NC1CCCCC1. The molecule has 1 fully saturated rings. The van der Waals surface area contributed by atoms with E-state index in [1.807, 2.05) is 43.0 Å². The maximum absolute atomic E-state index is 12.6. The number of carbonyl (C=O) groups is 2. The van der Waals surface area contributed by atoms with Crippen molar-refractivity contribution in [3.63, 3.8) is 0 Å². The Hall–Kier alpha value is -1.88. The van der Waals surface area contributed by atoms with Gasteiger partial charge in [0.25, 0.3) is 0 Å². The van der Waals surface area contributed by atoms with Crippen LogP contribution < -0.4 is 10.6 Å². The first-order chi connectivity index (χ1) is 12.5. The number of hydrogen-bond donors (Lipinski definition) is 2. The van der Waals surface area contributed by atoms with E-state index in [2.05, 4.69) is 17.6 Å². The monoisotopic (exact) mass is 359 g/mol. The molecule has 2 amide bonds. The van der Waals surface area contributed by atoms with Gasteiger partial charge >= 0.3 is 0 Å². The van der Waals surface area contributed by atoms with Gasteiger partial charge in [-0.1, -0.05) is 44.4 Å². The highest BCUT2D eigenvalue weighted by Gasteiger charge is 2.25. The fourth-order valence-corrected chi connectivity index (χ4v) is 3.52. The highest BCUT2D eigenvalue weighted by molar-refractivity contribution is 5.93. The zero-order valence-electron chi connectivity index (χ0n) is 16.4. The maximum Gasteiger partial charge on any atom is 0.238 e. The summed E-state index contributed by atoms with van der Waals surface area (Å²) in [4.78, 5) is 27.1. The first-order valence-corrected chi connectivity index (χ1v) is 9.91. The highest BCUT2D eigenvalue weighted by atomic mass is 16.2. The predicted molar refractivity (Wildman–Crippen MR) is 106 cm³/mol. The van der Waals surface area contributed by atoms with Crippen LogP contribution >= 0.6 is 0 Å². The van der Waals surface area contributed by atoms with Gasteiger partial charge in [0.15, 0.2) is 0 Å². The Morgan fingerprint density at radius 2 is 1.88 bits per heavy atom. The molecule has 0 saturated heterocycles. The van der Waals surface area contributed by atoms with Crippen LogP contribution in [0.2, 0.25) is 0 Å². The minimum absolute atomic E-state index is 0.0361. The lowest BCUT2D eigenvalue weighted by molar-refractivity contribution is -0.128. The molecule has 5 nitrogen and oxygen atoms in total. The number of rotatable bonds is 8. The van der Waals surface area contributed by atoms with E-state index in [0.29, 0.717) is 6.04 Å². The van der Waals surface area contributed by atoms with Crippen molar-refractivity contribution in [3.05, 3.63) is 29.8 Å². The van der Waals surface area contributed by atoms with Crippen LogP contribution in [0.4, 0.5) is 5.69 Å². The zero-order valence-corrected chi connectivity index (χ0v) is 16.4. The van der Waals surface area contributed by atoms with Crippen molar-refractivity contribution in [3.8, 4) is 0 Å². The first-order valence-electron chi connectivity index (χ1n) is 9.91. The van der Waals surface area contributed by atoms with E-state index in [9.17, 15) is 9.59 Å². The lowest BCUT2D eigenvalue weighted by Crippen LogP contribution is -2.50. The second-order valence-corrected chi connectivity index (χ2v) is 7.35. The van der Waals surface area contributed by atoms with Gasteiger partial charge in [-0.3, -0.25) is 14.5 Å². The van der Waals surface area contributed by atoms with E-state index in [1.54, 1.807) is 0 Å². The van der Waals surface area contributed by atoms with Crippen molar-refractivity contribution in [2.75, 3.05) is 18.4 Å². The Morgan fingerprint density at radius 1 is 1.19 bits per heavy atom. The van der Waals surface area contributed by atoms with Crippen LogP contribution in [0.5, 0.6) is 0 Å². The lowest BCUT2D eigenvalue weighted by atomic mass is 9.95. The molecule has 5 heteroatoms. The minimum Gasteiger partial charge on any atom is -0.352 e. The van der Waals surface area contributed by atoms with Gasteiger partial charge in [-0.2, -0.15) is 0 Å². The largest absolute Gasteiger partial charge is 0.352 e. The third-order valence-electron chi connectivity index (χ3n) is 5.16. The number of nitrogens with zero attached hydrogens (tertiary/aromatic N) is 1. The molecule has 0 heterocycles. The molecule has 1 aliphatic rings. The Kier molecular flexibility index (Phi) is 8.10. The average molecular weight is 360 g/mol. The van der Waals surface area contributed by atoms with Gasteiger partial charge in [0.05, 0.1) is 12.6 Å². The van der Waals surface area contributed by atoms with Crippen molar-refractivity contribution in [1.29, 1.82) is 0 Å². The second kappa shape index (κ2) is 10.3. The number of para-hydroxylation sites is 1. The van der Waals surface area contributed by atoms with Crippen molar-refractivity contribution in [2.45, 2.75) is 71.4 Å². The number of benzene rings is 1. The van der Waals surface area contributed by atoms with E-state index in [0.717, 1.165) is 37.1 Å². The summed E-state index contributed by atoms with van der Waals surface area (Å²) in [6, 6.07) is 7.72. The summed E-state index contributed by atoms with van der Waals surface area (Å²) in [6.07, 6.45) is 6.69. The molecule has 0 radical (unpaired) electrons. The third-order valence-corrected chi connectivity index (χ3v) is 5.16. The predicted octanol–water partition coefficient (Wildman–Crippen LogP) is 3.48. The molecular formula is C21H33N3O2. The van der Waals surface area contributed by atoms with Crippen LogP contribution in [0.25, 0.3) is 0 Å². The molecule has 2 N–H and O–H groups in total. The van der Waals surface area contributed by atoms with Crippen LogP contribution in [0, 0.1) is 6.92 Å². The summed E-state index contributed by atoms with van der Waals surface area (Å²) in [5, 5.41) is 6.14. The molecule has 26 heavy (non-hydrogen) atoms. The van der Waals surface area contributed by atoms with Gasteiger partial charge in [-0.15, -0.1) is 0 Å². The smallest absolute Gasteiger partial charge is 0.238 e. The molecule has 1 aromatic carbocycles. The van der Waals surface area contributed by atoms with Crippen molar-refractivity contribution >= 4 is 17.5 Å². The van der Waals surface area contributed by atoms with Crippen molar-refractivity contribution in [1.82, 2.24) is 10.2 Å². The van der Waals surface area contributed by atoms with Gasteiger partial charge < -0.3 is 10.6 Å². The fourth-order valence-electron chi connectivity index (χ4n) is 3.52. The zero-order chi connectivity index (χ0) is 18.9. The Morgan fingerprint density at radius 3 is 2.54 bits per heavy atom. The Labute approximate surface area is 157 Å². The molecule has 0 aromatic heterocycles. The number of anilines is 1. The van der Waals surface area contributed by atoms with Gasteiger partial charge in [-0.05, 0) is 51.3 Å². The van der Waals surface area contributed by atoms with Gasteiger partial charge in [0.1, 0.15) is 0 Å².